The summed E-state index contributed by atoms with van der Waals surface area (Å²) in [4.78, 5) is 13.7. The van der Waals surface area contributed by atoms with Crippen LogP contribution in [0.5, 0.6) is 0 Å². The van der Waals surface area contributed by atoms with Crippen LogP contribution in [-0.2, 0) is 9.98 Å². The molecule has 1 atom stereocenters. The summed E-state index contributed by atoms with van der Waals surface area (Å²) < 4.78 is 14.1. The quantitative estimate of drug-likeness (QED) is 0.354. The summed E-state index contributed by atoms with van der Waals surface area (Å²) in [6.45, 7) is 12.6. The van der Waals surface area contributed by atoms with Crippen LogP contribution >= 0.6 is 7.14 Å². The predicted octanol–water partition coefficient (Wildman–Crippen LogP) is 7.01. The minimum absolute atomic E-state index is 0.0143. The van der Waals surface area contributed by atoms with Crippen LogP contribution < -0.4 is 5.30 Å². The van der Waals surface area contributed by atoms with Crippen molar-refractivity contribution in [2.75, 3.05) is 6.16 Å². The Balaban J connectivity index is 2.50. The lowest BCUT2D eigenvalue weighted by atomic mass is 9.84. The maximum absolute atomic E-state index is 14.1. The van der Waals surface area contributed by atoms with Gasteiger partial charge in [0.25, 0.3) is 0 Å². The van der Waals surface area contributed by atoms with Gasteiger partial charge in [-0.05, 0) is 42.4 Å². The van der Waals surface area contributed by atoms with Gasteiger partial charge >= 0.3 is 0 Å². The zero-order valence-electron chi connectivity index (χ0n) is 18.3. The third kappa shape index (κ3) is 5.03. The Morgan fingerprint density at radius 3 is 2.00 bits per heavy atom. The molecule has 0 bridgehead atoms. The van der Waals surface area contributed by atoms with E-state index in [0.717, 1.165) is 36.8 Å². The lowest BCUT2D eigenvalue weighted by molar-refractivity contribution is 0.107. The topological polar surface area (TPSA) is 34.1 Å². The summed E-state index contributed by atoms with van der Waals surface area (Å²) in [7, 11) is -3.17. The summed E-state index contributed by atoms with van der Waals surface area (Å²) in [5.74, 6) is 0. The fourth-order valence-corrected chi connectivity index (χ4v) is 6.42. The standard InChI is InChI=1S/C25H35O2P/c1-7-8-9-13-16-28(27,22-14-11-10-12-15-22)24(26)23-19(2)17-21(18-20(23)3)25(4,5)6/h10-12,14-15,17-18H,7-9,13,16H2,1-6H3. The number of benzene rings is 2. The fraction of sp³-hybridized carbons (Fsp3) is 0.480. The summed E-state index contributed by atoms with van der Waals surface area (Å²) >= 11 is 0. The molecule has 1 unspecified atom stereocenters. The summed E-state index contributed by atoms with van der Waals surface area (Å²) in [6, 6.07) is 13.6. The smallest absolute Gasteiger partial charge is 0.226 e. The SMILES string of the molecule is CCCCCCP(=O)(C(=O)c1c(C)cc(C(C)(C)C)cc1C)c1ccccc1. The van der Waals surface area contributed by atoms with Gasteiger partial charge in [0.15, 0.2) is 7.14 Å². The van der Waals surface area contributed by atoms with Crippen LogP contribution in [0.2, 0.25) is 0 Å². The molecule has 0 saturated carbocycles. The zero-order valence-corrected chi connectivity index (χ0v) is 19.2. The predicted molar refractivity (Wildman–Crippen MR) is 122 cm³/mol. The van der Waals surface area contributed by atoms with Gasteiger partial charge in [0.05, 0.1) is 0 Å². The van der Waals surface area contributed by atoms with Gasteiger partial charge in [-0.15, -0.1) is 0 Å². The molecule has 0 amide bonds. The third-order valence-corrected chi connectivity index (χ3v) is 8.40. The van der Waals surface area contributed by atoms with E-state index in [2.05, 4.69) is 39.8 Å². The molecule has 0 spiro atoms. The van der Waals surface area contributed by atoms with E-state index >= 15 is 0 Å². The molecule has 0 aliphatic heterocycles. The Morgan fingerprint density at radius 2 is 1.50 bits per heavy atom. The van der Waals surface area contributed by atoms with Gasteiger partial charge in [-0.3, -0.25) is 4.79 Å². The van der Waals surface area contributed by atoms with E-state index in [1.54, 1.807) is 0 Å². The Labute approximate surface area is 171 Å². The molecule has 152 valence electrons. The molecule has 0 aliphatic carbocycles. The van der Waals surface area contributed by atoms with E-state index in [1.165, 1.54) is 5.56 Å². The second-order valence-electron chi connectivity index (χ2n) is 8.90. The summed E-state index contributed by atoms with van der Waals surface area (Å²) in [6.07, 6.45) is 4.53. The van der Waals surface area contributed by atoms with Crippen LogP contribution in [0.1, 0.15) is 80.4 Å². The van der Waals surface area contributed by atoms with Crippen molar-refractivity contribution in [1.82, 2.24) is 0 Å². The largest absolute Gasteiger partial charge is 0.310 e. The van der Waals surface area contributed by atoms with Crippen molar-refractivity contribution >= 4 is 18.0 Å². The van der Waals surface area contributed by atoms with Crippen LogP contribution in [0.4, 0.5) is 0 Å². The van der Waals surface area contributed by atoms with E-state index in [0.29, 0.717) is 17.0 Å². The maximum Gasteiger partial charge on any atom is 0.226 e. The molecule has 2 nitrogen and oxygen atoms in total. The zero-order chi connectivity index (χ0) is 20.9. The van der Waals surface area contributed by atoms with Gasteiger partial charge in [-0.1, -0.05) is 89.4 Å². The number of unbranched alkanes of at least 4 members (excludes halogenated alkanes) is 3. The van der Waals surface area contributed by atoms with Crippen molar-refractivity contribution in [3.63, 3.8) is 0 Å². The van der Waals surface area contributed by atoms with Gasteiger partial charge in [-0.2, -0.15) is 0 Å². The lowest BCUT2D eigenvalue weighted by Crippen LogP contribution is -2.19. The van der Waals surface area contributed by atoms with Crippen molar-refractivity contribution in [2.24, 2.45) is 0 Å². The normalized spacial score (nSPS) is 13.9. The molecular formula is C25H35O2P. The number of aryl methyl sites for hydroxylation is 2. The minimum atomic E-state index is -3.17. The van der Waals surface area contributed by atoms with Crippen LogP contribution in [0, 0.1) is 13.8 Å². The molecule has 2 rings (SSSR count). The molecule has 0 aliphatic rings. The van der Waals surface area contributed by atoms with E-state index in [-0.39, 0.29) is 10.9 Å². The Bertz CT molecular complexity index is 837. The van der Waals surface area contributed by atoms with Crippen molar-refractivity contribution in [3.8, 4) is 0 Å². The monoisotopic (exact) mass is 398 g/mol. The first kappa shape index (κ1) is 22.6. The van der Waals surface area contributed by atoms with E-state index in [1.807, 2.05) is 44.2 Å². The van der Waals surface area contributed by atoms with Gasteiger partial charge in [0, 0.05) is 17.0 Å². The van der Waals surface area contributed by atoms with Crippen LogP contribution in [0.25, 0.3) is 0 Å². The first-order valence-corrected chi connectivity index (χ1v) is 12.3. The van der Waals surface area contributed by atoms with Crippen molar-refractivity contribution < 1.29 is 9.36 Å². The highest BCUT2D eigenvalue weighted by atomic mass is 31.2. The van der Waals surface area contributed by atoms with E-state index in [4.69, 9.17) is 0 Å². The molecule has 0 heterocycles. The van der Waals surface area contributed by atoms with Crippen molar-refractivity contribution in [2.45, 2.75) is 72.6 Å². The Morgan fingerprint density at radius 1 is 0.929 bits per heavy atom. The molecule has 3 heteroatoms. The Kier molecular flexibility index (Phi) is 7.46. The van der Waals surface area contributed by atoms with Gasteiger partial charge in [0.1, 0.15) is 0 Å². The first-order chi connectivity index (χ1) is 13.1. The fourth-order valence-electron chi connectivity index (χ4n) is 3.69. The molecule has 28 heavy (non-hydrogen) atoms. The average molecular weight is 399 g/mol. The Hall–Kier alpha value is -1.66. The molecule has 2 aromatic rings. The molecule has 2 aromatic carbocycles. The number of carbonyl (C=O) groups is 1. The second kappa shape index (κ2) is 9.23. The minimum Gasteiger partial charge on any atom is -0.310 e. The second-order valence-corrected chi connectivity index (χ2v) is 11.7. The number of hydrogen-bond donors (Lipinski definition) is 0. The van der Waals surface area contributed by atoms with Crippen LogP contribution in [-0.4, -0.2) is 11.7 Å². The average Bonchev–Trinajstić information content (AvgIpc) is 2.64. The highest BCUT2D eigenvalue weighted by molar-refractivity contribution is 7.87. The van der Waals surface area contributed by atoms with Crippen molar-refractivity contribution in [3.05, 3.63) is 64.7 Å². The van der Waals surface area contributed by atoms with Gasteiger partial charge < -0.3 is 4.57 Å². The highest BCUT2D eigenvalue weighted by Gasteiger charge is 2.35. The molecule has 0 radical (unpaired) electrons. The molecular weight excluding hydrogens is 363 g/mol. The van der Waals surface area contributed by atoms with E-state index in [9.17, 15) is 9.36 Å². The van der Waals surface area contributed by atoms with E-state index < -0.39 is 7.14 Å². The lowest BCUT2D eigenvalue weighted by Gasteiger charge is -2.24. The summed E-state index contributed by atoms with van der Waals surface area (Å²) in [5, 5.41) is 0.690. The molecule has 0 saturated heterocycles. The third-order valence-electron chi connectivity index (χ3n) is 5.44. The van der Waals surface area contributed by atoms with Crippen LogP contribution in [0.3, 0.4) is 0 Å². The molecule has 0 aromatic heterocycles. The number of hydrogen-bond acceptors (Lipinski definition) is 2. The van der Waals surface area contributed by atoms with Crippen LogP contribution in [0.15, 0.2) is 42.5 Å². The van der Waals surface area contributed by atoms with Gasteiger partial charge in [-0.25, -0.2) is 0 Å². The van der Waals surface area contributed by atoms with Crippen molar-refractivity contribution in [1.29, 1.82) is 0 Å². The maximum atomic E-state index is 14.1. The number of carbonyl (C=O) groups excluding carboxylic acids is 1. The number of rotatable bonds is 8. The molecule has 0 N–H and O–H groups in total. The first-order valence-electron chi connectivity index (χ1n) is 10.4. The highest BCUT2D eigenvalue weighted by Crippen LogP contribution is 2.50. The summed E-state index contributed by atoms with van der Waals surface area (Å²) in [5.41, 5.74) is 3.55. The molecule has 0 fully saturated rings. The van der Waals surface area contributed by atoms with Gasteiger partial charge in [0.2, 0.25) is 5.52 Å².